The summed E-state index contributed by atoms with van der Waals surface area (Å²) < 4.78 is 1.95. The van der Waals surface area contributed by atoms with Crippen LogP contribution in [-0.2, 0) is 0 Å². The Bertz CT molecular complexity index is 1090. The van der Waals surface area contributed by atoms with E-state index in [0.717, 1.165) is 33.4 Å². The van der Waals surface area contributed by atoms with Gasteiger partial charge in [0.2, 0.25) is 5.95 Å². The van der Waals surface area contributed by atoms with E-state index < -0.39 is 0 Å². The smallest absolute Gasteiger partial charge is 0.227 e. The fourth-order valence-electron chi connectivity index (χ4n) is 2.96. The van der Waals surface area contributed by atoms with Crippen LogP contribution in [-0.4, -0.2) is 26.0 Å². The second-order valence-electron chi connectivity index (χ2n) is 6.11. The van der Waals surface area contributed by atoms with Gasteiger partial charge in [-0.05, 0) is 55.6 Å². The van der Waals surface area contributed by atoms with E-state index in [1.807, 2.05) is 71.6 Å². The van der Waals surface area contributed by atoms with Crippen molar-refractivity contribution in [2.24, 2.45) is 0 Å². The number of rotatable bonds is 5. The molecule has 0 saturated carbocycles. The van der Waals surface area contributed by atoms with Crippen molar-refractivity contribution in [3.8, 4) is 16.9 Å². The topological polar surface area (TPSA) is 55.6 Å². The molecular weight excluding hydrogens is 390 g/mol. The molecule has 5 nitrogen and oxygen atoms in total. The molecule has 0 saturated heterocycles. The molecule has 2 aromatic carbocycles. The van der Waals surface area contributed by atoms with Crippen LogP contribution in [0, 0.1) is 6.92 Å². The maximum absolute atomic E-state index is 5.95. The highest BCUT2D eigenvalue weighted by molar-refractivity contribution is 7.98. The zero-order valence-electron chi connectivity index (χ0n) is 15.4. The van der Waals surface area contributed by atoms with Crippen LogP contribution in [0.4, 0.5) is 11.6 Å². The van der Waals surface area contributed by atoms with Gasteiger partial charge in [0.1, 0.15) is 5.03 Å². The van der Waals surface area contributed by atoms with Gasteiger partial charge in [0.05, 0.1) is 22.6 Å². The molecule has 28 heavy (non-hydrogen) atoms. The number of hydrogen-bond donors (Lipinski definition) is 1. The minimum absolute atomic E-state index is 0.527. The monoisotopic (exact) mass is 407 g/mol. The Morgan fingerprint density at radius 2 is 1.75 bits per heavy atom. The molecule has 4 rings (SSSR count). The first-order valence-electron chi connectivity index (χ1n) is 8.71. The van der Waals surface area contributed by atoms with E-state index in [2.05, 4.69) is 17.2 Å². The van der Waals surface area contributed by atoms with Crippen molar-refractivity contribution in [2.45, 2.75) is 11.9 Å². The molecule has 0 fully saturated rings. The van der Waals surface area contributed by atoms with Crippen LogP contribution in [0.2, 0.25) is 5.02 Å². The summed E-state index contributed by atoms with van der Waals surface area (Å²) in [4.78, 5) is 9.06. The lowest BCUT2D eigenvalue weighted by Gasteiger charge is -2.08. The highest BCUT2D eigenvalue weighted by atomic mass is 35.5. The fraction of sp³-hybridized carbons (Fsp3) is 0.0952. The van der Waals surface area contributed by atoms with Crippen LogP contribution < -0.4 is 5.32 Å². The van der Waals surface area contributed by atoms with Crippen molar-refractivity contribution in [1.29, 1.82) is 0 Å². The number of thioether (sulfide) groups is 1. The van der Waals surface area contributed by atoms with E-state index in [9.17, 15) is 0 Å². The average molecular weight is 408 g/mol. The third-order valence-electron chi connectivity index (χ3n) is 4.29. The Morgan fingerprint density at radius 1 is 1.00 bits per heavy atom. The minimum atomic E-state index is 0.527. The van der Waals surface area contributed by atoms with Gasteiger partial charge in [0, 0.05) is 16.9 Å². The summed E-state index contributed by atoms with van der Waals surface area (Å²) in [6, 6.07) is 19.4. The highest BCUT2D eigenvalue weighted by Crippen LogP contribution is 2.33. The molecule has 0 aliphatic heterocycles. The molecule has 0 aliphatic carbocycles. The molecule has 0 aliphatic rings. The first kappa shape index (κ1) is 18.5. The Labute approximate surface area is 172 Å². The molecule has 4 aromatic rings. The van der Waals surface area contributed by atoms with Gasteiger partial charge in [-0.15, -0.1) is 11.8 Å². The van der Waals surface area contributed by atoms with Crippen LogP contribution in [0.25, 0.3) is 16.9 Å². The average Bonchev–Trinajstić information content (AvgIpc) is 3.07. The van der Waals surface area contributed by atoms with Crippen LogP contribution in [0.1, 0.15) is 5.69 Å². The largest absolute Gasteiger partial charge is 0.324 e. The molecule has 2 aromatic heterocycles. The van der Waals surface area contributed by atoms with Gasteiger partial charge in [-0.3, -0.25) is 0 Å². The molecular formula is C21H18ClN5S. The van der Waals surface area contributed by atoms with Crippen LogP contribution in [0.3, 0.4) is 0 Å². The van der Waals surface area contributed by atoms with Crippen molar-refractivity contribution < 1.29 is 0 Å². The van der Waals surface area contributed by atoms with E-state index in [1.54, 1.807) is 18.0 Å². The summed E-state index contributed by atoms with van der Waals surface area (Å²) in [6.45, 7) is 2.06. The van der Waals surface area contributed by atoms with Gasteiger partial charge in [-0.1, -0.05) is 29.8 Å². The number of nitrogens with zero attached hydrogens (tertiary/aromatic N) is 4. The van der Waals surface area contributed by atoms with E-state index in [-0.39, 0.29) is 0 Å². The van der Waals surface area contributed by atoms with Crippen molar-refractivity contribution in [3.05, 3.63) is 77.6 Å². The van der Waals surface area contributed by atoms with Crippen LogP contribution in [0.15, 0.2) is 71.9 Å². The number of halogens is 1. The molecule has 0 bridgehead atoms. The standard InChI is InChI=1S/C21H18ClN5S/c1-14-19(20(28-2)26-27(14)17-6-4-3-5-7-17)18-12-13-23-21(25-18)24-16-10-8-15(22)9-11-16/h3-13H,1-2H3,(H,23,24,25). The van der Waals surface area contributed by atoms with Gasteiger partial charge >= 0.3 is 0 Å². The van der Waals surface area contributed by atoms with Crippen molar-refractivity contribution in [3.63, 3.8) is 0 Å². The molecule has 1 N–H and O–H groups in total. The Kier molecular flexibility index (Phi) is 5.32. The second-order valence-corrected chi connectivity index (χ2v) is 7.35. The van der Waals surface area contributed by atoms with Crippen LogP contribution in [0.5, 0.6) is 0 Å². The van der Waals surface area contributed by atoms with Gasteiger partial charge < -0.3 is 5.32 Å². The van der Waals surface area contributed by atoms with Crippen molar-refractivity contribution >= 4 is 35.0 Å². The number of hydrogen-bond acceptors (Lipinski definition) is 5. The molecule has 0 atom stereocenters. The maximum Gasteiger partial charge on any atom is 0.227 e. The van der Waals surface area contributed by atoms with E-state index in [0.29, 0.717) is 11.0 Å². The third kappa shape index (κ3) is 3.74. The fourth-order valence-corrected chi connectivity index (χ4v) is 3.70. The summed E-state index contributed by atoms with van der Waals surface area (Å²) in [6.07, 6.45) is 3.78. The number of nitrogens with one attached hydrogen (secondary N) is 1. The van der Waals surface area contributed by atoms with E-state index >= 15 is 0 Å². The number of anilines is 2. The van der Waals surface area contributed by atoms with E-state index in [4.69, 9.17) is 21.7 Å². The minimum Gasteiger partial charge on any atom is -0.324 e. The number of para-hydroxylation sites is 1. The molecule has 0 spiro atoms. The second kappa shape index (κ2) is 8.04. The third-order valence-corrected chi connectivity index (χ3v) is 5.21. The summed E-state index contributed by atoms with van der Waals surface area (Å²) >= 11 is 7.56. The normalized spacial score (nSPS) is 10.8. The summed E-state index contributed by atoms with van der Waals surface area (Å²) in [5, 5.41) is 9.62. The lowest BCUT2D eigenvalue weighted by atomic mass is 10.2. The van der Waals surface area contributed by atoms with Crippen molar-refractivity contribution in [1.82, 2.24) is 19.7 Å². The molecule has 140 valence electrons. The first-order valence-corrected chi connectivity index (χ1v) is 10.3. The molecule has 0 amide bonds. The predicted octanol–water partition coefficient (Wildman–Crippen LogP) is 5.76. The Hall–Kier alpha value is -2.83. The van der Waals surface area contributed by atoms with Gasteiger partial charge in [0.15, 0.2) is 0 Å². The lowest BCUT2D eigenvalue weighted by molar-refractivity contribution is 0.814. The van der Waals surface area contributed by atoms with Gasteiger partial charge in [-0.2, -0.15) is 5.10 Å². The number of benzene rings is 2. The Balaban J connectivity index is 1.73. The molecule has 0 unspecified atom stereocenters. The molecule has 0 radical (unpaired) electrons. The number of aromatic nitrogens is 4. The SMILES string of the molecule is CSc1nn(-c2ccccc2)c(C)c1-c1ccnc(Nc2ccc(Cl)cc2)n1. The van der Waals surface area contributed by atoms with Gasteiger partial charge in [0.25, 0.3) is 0 Å². The van der Waals surface area contributed by atoms with E-state index in [1.165, 1.54) is 0 Å². The highest BCUT2D eigenvalue weighted by Gasteiger charge is 2.18. The molecule has 2 heterocycles. The first-order chi connectivity index (χ1) is 13.7. The van der Waals surface area contributed by atoms with Gasteiger partial charge in [-0.25, -0.2) is 14.6 Å². The summed E-state index contributed by atoms with van der Waals surface area (Å²) in [7, 11) is 0. The summed E-state index contributed by atoms with van der Waals surface area (Å²) in [5.41, 5.74) is 4.78. The van der Waals surface area contributed by atoms with Crippen molar-refractivity contribution in [2.75, 3.05) is 11.6 Å². The zero-order valence-corrected chi connectivity index (χ0v) is 17.0. The lowest BCUT2D eigenvalue weighted by Crippen LogP contribution is -2.00. The Morgan fingerprint density at radius 3 is 2.46 bits per heavy atom. The zero-order chi connectivity index (χ0) is 19.5. The maximum atomic E-state index is 5.95. The quantitative estimate of drug-likeness (QED) is 0.426. The summed E-state index contributed by atoms with van der Waals surface area (Å²) in [5.74, 6) is 0.527. The predicted molar refractivity (Wildman–Crippen MR) is 116 cm³/mol. The molecule has 7 heteroatoms. The van der Waals surface area contributed by atoms with Crippen LogP contribution >= 0.6 is 23.4 Å².